The summed E-state index contributed by atoms with van der Waals surface area (Å²) in [5, 5.41) is 3.19. The Labute approximate surface area is 191 Å². The van der Waals surface area contributed by atoms with Crippen molar-refractivity contribution in [3.05, 3.63) is 58.6 Å². The number of halogens is 1. The molecule has 2 aliphatic rings. The van der Waals surface area contributed by atoms with Gasteiger partial charge in [0.05, 0.1) is 31.6 Å². The highest BCUT2D eigenvalue weighted by Crippen LogP contribution is 2.34. The van der Waals surface area contributed by atoms with E-state index in [9.17, 15) is 9.59 Å². The molecule has 1 fully saturated rings. The van der Waals surface area contributed by atoms with Crippen LogP contribution in [0.3, 0.4) is 0 Å². The molecule has 0 spiro atoms. The lowest BCUT2D eigenvalue weighted by Gasteiger charge is -2.34. The van der Waals surface area contributed by atoms with Gasteiger partial charge in [-0.25, -0.2) is 0 Å². The van der Waals surface area contributed by atoms with Crippen molar-refractivity contribution in [2.45, 2.75) is 31.7 Å². The number of carbonyl (C=O) groups excluding carboxylic acids is 2. The van der Waals surface area contributed by atoms with Gasteiger partial charge < -0.3 is 19.7 Å². The molecule has 2 aromatic carbocycles. The third-order valence-corrected chi connectivity index (χ3v) is 6.29. The lowest BCUT2D eigenvalue weighted by atomic mass is 9.94. The summed E-state index contributed by atoms with van der Waals surface area (Å²) in [5.74, 6) is 1.43. The van der Waals surface area contributed by atoms with Gasteiger partial charge in [0.1, 0.15) is 11.5 Å². The molecule has 6 nitrogen and oxygen atoms in total. The van der Waals surface area contributed by atoms with Crippen LogP contribution < -0.4 is 14.8 Å². The minimum absolute atomic E-state index is 0.0101. The van der Waals surface area contributed by atoms with Crippen molar-refractivity contribution in [1.29, 1.82) is 0 Å². The van der Waals surface area contributed by atoms with E-state index in [1.165, 1.54) is 0 Å². The van der Waals surface area contributed by atoms with E-state index < -0.39 is 0 Å². The first kappa shape index (κ1) is 21.7. The Morgan fingerprint density at radius 3 is 2.84 bits per heavy atom. The van der Waals surface area contributed by atoms with Crippen LogP contribution in [0.4, 0.5) is 0 Å². The number of para-hydroxylation sites is 1. The van der Waals surface area contributed by atoms with Crippen LogP contribution in [0.15, 0.2) is 53.0 Å². The number of benzene rings is 2. The van der Waals surface area contributed by atoms with Gasteiger partial charge in [0.25, 0.3) is 0 Å². The minimum Gasteiger partial charge on any atom is -0.493 e. The Hall–Kier alpha value is -2.54. The Balaban J connectivity index is 1.30. The Kier molecular flexibility index (Phi) is 7.12. The maximum absolute atomic E-state index is 13.0. The number of hydrogen-bond donors (Lipinski definition) is 1. The van der Waals surface area contributed by atoms with Crippen molar-refractivity contribution < 1.29 is 19.1 Å². The zero-order chi connectivity index (χ0) is 21.6. The van der Waals surface area contributed by atoms with Gasteiger partial charge >= 0.3 is 0 Å². The number of nitrogens with zero attached hydrogens (tertiary/aromatic N) is 1. The summed E-state index contributed by atoms with van der Waals surface area (Å²) in [6.45, 7) is 2.08. The van der Waals surface area contributed by atoms with Gasteiger partial charge in [0.15, 0.2) is 0 Å². The van der Waals surface area contributed by atoms with E-state index in [2.05, 4.69) is 21.2 Å². The van der Waals surface area contributed by atoms with Crippen LogP contribution in [-0.2, 0) is 9.59 Å². The second kappa shape index (κ2) is 10.2. The zero-order valence-electron chi connectivity index (χ0n) is 17.4. The second-order valence-corrected chi connectivity index (χ2v) is 8.89. The van der Waals surface area contributed by atoms with Gasteiger partial charge in [0, 0.05) is 29.5 Å². The normalized spacial score (nSPS) is 20.4. The van der Waals surface area contributed by atoms with Crippen LogP contribution >= 0.6 is 15.9 Å². The monoisotopic (exact) mass is 486 g/mol. The van der Waals surface area contributed by atoms with Gasteiger partial charge in [0.2, 0.25) is 11.8 Å². The molecular formula is C24H27BrN2O4. The maximum Gasteiger partial charge on any atom is 0.226 e. The maximum atomic E-state index is 13.0. The molecule has 0 radical (unpaired) electrons. The molecule has 0 aromatic heterocycles. The van der Waals surface area contributed by atoms with Gasteiger partial charge in [-0.2, -0.15) is 0 Å². The Morgan fingerprint density at radius 1 is 1.16 bits per heavy atom. The number of piperidine rings is 1. The molecule has 7 heteroatoms. The molecular weight excluding hydrogens is 460 g/mol. The number of ether oxygens (including phenoxy) is 2. The average Bonchev–Trinajstić information content (AvgIpc) is 2.80. The van der Waals surface area contributed by atoms with E-state index in [1.54, 1.807) is 4.90 Å². The summed E-state index contributed by atoms with van der Waals surface area (Å²) in [7, 11) is 0. The topological polar surface area (TPSA) is 67.9 Å². The third kappa shape index (κ3) is 5.58. The average molecular weight is 487 g/mol. The van der Waals surface area contributed by atoms with Gasteiger partial charge in [-0.15, -0.1) is 0 Å². The lowest BCUT2D eigenvalue weighted by molar-refractivity contribution is -0.136. The van der Waals surface area contributed by atoms with Gasteiger partial charge in [-0.1, -0.05) is 34.1 Å². The molecule has 0 aliphatic carbocycles. The Morgan fingerprint density at radius 2 is 2.00 bits per heavy atom. The number of nitrogens with one attached hydrogen (secondary N) is 1. The molecule has 1 N–H and O–H groups in total. The second-order valence-electron chi connectivity index (χ2n) is 7.97. The van der Waals surface area contributed by atoms with Crippen molar-refractivity contribution in [3.8, 4) is 11.5 Å². The zero-order valence-corrected chi connectivity index (χ0v) is 19.0. The molecule has 2 amide bonds. The smallest absolute Gasteiger partial charge is 0.226 e. The first-order chi connectivity index (χ1) is 15.1. The number of amides is 2. The van der Waals surface area contributed by atoms with Crippen molar-refractivity contribution in [1.82, 2.24) is 10.2 Å². The van der Waals surface area contributed by atoms with E-state index in [0.717, 1.165) is 40.8 Å². The van der Waals surface area contributed by atoms with Crippen LogP contribution in [0.2, 0.25) is 0 Å². The minimum atomic E-state index is -0.189. The summed E-state index contributed by atoms with van der Waals surface area (Å²) in [6.07, 6.45) is 2.68. The molecule has 4 rings (SSSR count). The van der Waals surface area contributed by atoms with Crippen molar-refractivity contribution in [3.63, 3.8) is 0 Å². The quantitative estimate of drug-likeness (QED) is 0.667. The molecule has 0 bridgehead atoms. The standard InChI is InChI=1S/C24H27BrN2O4/c25-18-8-9-22-20(15-18)21(10-13-31-22)26-24(29)17-5-4-12-27(16-17)23(28)11-14-30-19-6-2-1-3-7-19/h1-3,6-9,15,17,21H,4-5,10-14,16H2,(H,26,29). The van der Waals surface area contributed by atoms with E-state index in [0.29, 0.717) is 32.7 Å². The fraction of sp³-hybridized carbons (Fsp3) is 0.417. The molecule has 0 saturated carbocycles. The molecule has 1 saturated heterocycles. The molecule has 164 valence electrons. The summed E-state index contributed by atoms with van der Waals surface area (Å²) < 4.78 is 12.3. The summed E-state index contributed by atoms with van der Waals surface area (Å²) in [4.78, 5) is 27.4. The molecule has 2 unspecified atom stereocenters. The molecule has 2 heterocycles. The fourth-order valence-electron chi connectivity index (χ4n) is 4.15. The van der Waals surface area contributed by atoms with Crippen molar-refractivity contribution in [2.75, 3.05) is 26.3 Å². The Bertz CT molecular complexity index is 921. The van der Waals surface area contributed by atoms with E-state index >= 15 is 0 Å². The number of fused-ring (bicyclic) bond motifs is 1. The molecule has 31 heavy (non-hydrogen) atoms. The highest BCUT2D eigenvalue weighted by molar-refractivity contribution is 9.10. The SMILES string of the molecule is O=C(NC1CCOc2ccc(Br)cc21)C1CCCN(C(=O)CCOc2ccccc2)C1. The van der Waals surface area contributed by atoms with Gasteiger partial charge in [-0.05, 0) is 43.2 Å². The van der Waals surface area contributed by atoms with Crippen LogP contribution in [0.5, 0.6) is 11.5 Å². The van der Waals surface area contributed by atoms with Crippen LogP contribution in [0.1, 0.15) is 37.3 Å². The number of rotatable bonds is 6. The summed E-state index contributed by atoms with van der Waals surface area (Å²) in [6, 6.07) is 15.3. The summed E-state index contributed by atoms with van der Waals surface area (Å²) >= 11 is 3.50. The third-order valence-electron chi connectivity index (χ3n) is 5.80. The molecule has 2 atom stereocenters. The van der Waals surface area contributed by atoms with Crippen LogP contribution in [0, 0.1) is 5.92 Å². The highest BCUT2D eigenvalue weighted by atomic mass is 79.9. The van der Waals surface area contributed by atoms with Crippen LogP contribution in [0.25, 0.3) is 0 Å². The predicted octanol–water partition coefficient (Wildman–Crippen LogP) is 4.10. The van der Waals surface area contributed by atoms with Crippen molar-refractivity contribution in [2.24, 2.45) is 5.92 Å². The van der Waals surface area contributed by atoms with E-state index in [4.69, 9.17) is 9.47 Å². The number of carbonyl (C=O) groups is 2. The molecule has 2 aromatic rings. The van der Waals surface area contributed by atoms with E-state index in [1.807, 2.05) is 48.5 Å². The predicted molar refractivity (Wildman–Crippen MR) is 121 cm³/mol. The molecule has 2 aliphatic heterocycles. The fourth-order valence-corrected chi connectivity index (χ4v) is 4.53. The first-order valence-corrected chi connectivity index (χ1v) is 11.6. The van der Waals surface area contributed by atoms with E-state index in [-0.39, 0.29) is 23.8 Å². The van der Waals surface area contributed by atoms with Crippen LogP contribution in [-0.4, -0.2) is 43.0 Å². The number of likely N-dealkylation sites (tertiary alicyclic amines) is 1. The summed E-state index contributed by atoms with van der Waals surface area (Å²) in [5.41, 5.74) is 0.996. The highest BCUT2D eigenvalue weighted by Gasteiger charge is 2.31. The van der Waals surface area contributed by atoms with Gasteiger partial charge in [-0.3, -0.25) is 9.59 Å². The number of hydrogen-bond acceptors (Lipinski definition) is 4. The largest absolute Gasteiger partial charge is 0.493 e. The lowest BCUT2D eigenvalue weighted by Crippen LogP contribution is -2.46. The van der Waals surface area contributed by atoms with Crippen molar-refractivity contribution >= 4 is 27.7 Å². The first-order valence-electron chi connectivity index (χ1n) is 10.8.